The van der Waals surface area contributed by atoms with Crippen molar-refractivity contribution >= 4 is 17.5 Å². The van der Waals surface area contributed by atoms with Crippen molar-refractivity contribution in [2.24, 2.45) is 0 Å². The summed E-state index contributed by atoms with van der Waals surface area (Å²) in [7, 11) is 0. The minimum Gasteiger partial charge on any atom is -0.479 e. The average Bonchev–Trinajstić information content (AvgIpc) is 3.57. The highest BCUT2D eigenvalue weighted by atomic mass is 16.5. The predicted octanol–water partition coefficient (Wildman–Crippen LogP) is 0.763. The van der Waals surface area contributed by atoms with Gasteiger partial charge in [-0.2, -0.15) is 0 Å². The molecule has 2 aliphatic rings. The Morgan fingerprint density at radius 2 is 2.08 bits per heavy atom. The van der Waals surface area contributed by atoms with Crippen LogP contribution in [0.4, 0.5) is 5.69 Å². The van der Waals surface area contributed by atoms with Crippen LogP contribution in [0.2, 0.25) is 0 Å². The van der Waals surface area contributed by atoms with Crippen molar-refractivity contribution in [1.82, 2.24) is 20.6 Å². The third kappa shape index (κ3) is 5.49. The van der Waals surface area contributed by atoms with Gasteiger partial charge in [0, 0.05) is 25.5 Å². The molecule has 10 heteroatoms. The van der Waals surface area contributed by atoms with Crippen LogP contribution in [-0.2, 0) is 22.7 Å². The number of benzene rings is 1. The van der Waals surface area contributed by atoms with Crippen LogP contribution >= 0.6 is 0 Å². The molecule has 1 aromatic heterocycles. The van der Waals surface area contributed by atoms with E-state index in [0.717, 1.165) is 16.9 Å². The summed E-state index contributed by atoms with van der Waals surface area (Å²) in [5, 5.41) is 25.4. The van der Waals surface area contributed by atoms with Gasteiger partial charge in [-0.25, -0.2) is 5.43 Å². The number of aliphatic hydroxyl groups excluding tert-OH is 2. The Morgan fingerprint density at radius 3 is 2.81 bits per heavy atom. The number of fused-ring (bicyclic) bond motifs is 1. The molecule has 3 heterocycles. The van der Waals surface area contributed by atoms with E-state index in [2.05, 4.69) is 27.6 Å². The molecule has 3 atom stereocenters. The van der Waals surface area contributed by atoms with Crippen molar-refractivity contribution in [3.8, 4) is 17.6 Å². The van der Waals surface area contributed by atoms with Gasteiger partial charge in [0.2, 0.25) is 0 Å². The number of aromatic nitrogens is 1. The Bertz CT molecular complexity index is 1200. The summed E-state index contributed by atoms with van der Waals surface area (Å²) in [4.78, 5) is 31.0. The van der Waals surface area contributed by atoms with Crippen LogP contribution in [0.15, 0.2) is 48.8 Å². The summed E-state index contributed by atoms with van der Waals surface area (Å²) in [5.41, 5.74) is 6.29. The van der Waals surface area contributed by atoms with Gasteiger partial charge < -0.3 is 25.2 Å². The second-order valence-electron chi connectivity index (χ2n) is 8.48. The van der Waals surface area contributed by atoms with Gasteiger partial charge in [0.1, 0.15) is 12.4 Å². The maximum Gasteiger partial charge on any atom is 0.255 e. The second-order valence-corrected chi connectivity index (χ2v) is 8.48. The molecular formula is C26H29N5O5. The highest BCUT2D eigenvalue weighted by Gasteiger charge is 2.36. The highest BCUT2D eigenvalue weighted by Crippen LogP contribution is 2.32. The van der Waals surface area contributed by atoms with Crippen LogP contribution in [-0.4, -0.2) is 57.3 Å². The van der Waals surface area contributed by atoms with Crippen molar-refractivity contribution in [1.29, 1.82) is 0 Å². The minimum atomic E-state index is -1.93. The van der Waals surface area contributed by atoms with Crippen molar-refractivity contribution in [2.75, 3.05) is 18.2 Å². The molecule has 0 bridgehead atoms. The zero-order valence-electron chi connectivity index (χ0n) is 20.1. The predicted molar refractivity (Wildman–Crippen MR) is 132 cm³/mol. The molecule has 188 valence electrons. The van der Waals surface area contributed by atoms with Gasteiger partial charge in [0.15, 0.2) is 12.2 Å². The smallest absolute Gasteiger partial charge is 0.255 e. The first-order chi connectivity index (χ1) is 17.4. The van der Waals surface area contributed by atoms with Gasteiger partial charge in [-0.05, 0) is 43.2 Å². The fourth-order valence-corrected chi connectivity index (χ4v) is 4.03. The number of aliphatic hydroxyl groups is 2. The second kappa shape index (κ2) is 11.2. The molecule has 0 saturated heterocycles. The minimum absolute atomic E-state index is 0.203. The van der Waals surface area contributed by atoms with E-state index < -0.39 is 30.1 Å². The van der Waals surface area contributed by atoms with Crippen molar-refractivity contribution in [3.05, 3.63) is 65.6 Å². The number of nitrogens with zero attached hydrogens (tertiary/aromatic N) is 3. The summed E-state index contributed by atoms with van der Waals surface area (Å²) in [6, 6.07) is 8.55. The number of amides is 2. The van der Waals surface area contributed by atoms with Crippen LogP contribution in [0, 0.1) is 11.8 Å². The SMILES string of the molecule is CC#CCOc1cc([C@@H](C)NC(=O)[C@H](O)[C@@H](O)C(=O)N2Cc3cccnc3C2)ccc1N1C=CCN1. The quantitative estimate of drug-likeness (QED) is 0.399. The van der Waals surface area contributed by atoms with Gasteiger partial charge in [0.25, 0.3) is 11.8 Å². The van der Waals surface area contributed by atoms with Crippen LogP contribution in [0.5, 0.6) is 5.75 Å². The van der Waals surface area contributed by atoms with E-state index in [9.17, 15) is 19.8 Å². The highest BCUT2D eigenvalue weighted by molar-refractivity contribution is 5.91. The number of hydrazine groups is 1. The topological polar surface area (TPSA) is 127 Å². The van der Waals surface area contributed by atoms with Crippen molar-refractivity contribution < 1.29 is 24.5 Å². The summed E-state index contributed by atoms with van der Waals surface area (Å²) >= 11 is 0. The molecule has 0 saturated carbocycles. The molecule has 4 rings (SSSR count). The fourth-order valence-electron chi connectivity index (χ4n) is 4.03. The van der Waals surface area contributed by atoms with E-state index in [4.69, 9.17) is 4.74 Å². The molecule has 0 aliphatic carbocycles. The molecule has 10 nitrogen and oxygen atoms in total. The maximum absolute atomic E-state index is 12.7. The Morgan fingerprint density at radius 1 is 1.25 bits per heavy atom. The Balaban J connectivity index is 1.40. The number of carbonyl (C=O) groups is 2. The molecule has 36 heavy (non-hydrogen) atoms. The largest absolute Gasteiger partial charge is 0.479 e. The number of pyridine rings is 1. The first-order valence-corrected chi connectivity index (χ1v) is 11.6. The molecule has 0 unspecified atom stereocenters. The van der Waals surface area contributed by atoms with E-state index >= 15 is 0 Å². The third-order valence-electron chi connectivity index (χ3n) is 6.03. The lowest BCUT2D eigenvalue weighted by Gasteiger charge is -2.25. The van der Waals surface area contributed by atoms with Crippen LogP contribution in [0.25, 0.3) is 0 Å². The molecule has 0 radical (unpaired) electrons. The number of ether oxygens (including phenoxy) is 1. The molecule has 0 fully saturated rings. The lowest BCUT2D eigenvalue weighted by molar-refractivity contribution is -0.153. The normalized spacial score (nSPS) is 16.6. The van der Waals surface area contributed by atoms with Gasteiger partial charge in [-0.1, -0.05) is 24.1 Å². The Kier molecular flexibility index (Phi) is 7.85. The third-order valence-corrected chi connectivity index (χ3v) is 6.03. The number of hydrogen-bond donors (Lipinski definition) is 4. The number of rotatable bonds is 8. The van der Waals surface area contributed by atoms with Gasteiger partial charge in [-0.3, -0.25) is 19.6 Å². The molecule has 4 N–H and O–H groups in total. The van der Waals surface area contributed by atoms with Crippen LogP contribution in [0.1, 0.15) is 36.7 Å². The number of anilines is 1. The van der Waals surface area contributed by atoms with Crippen molar-refractivity contribution in [2.45, 2.75) is 45.2 Å². The van der Waals surface area contributed by atoms with E-state index in [-0.39, 0.29) is 19.7 Å². The number of hydrogen-bond acceptors (Lipinski definition) is 8. The van der Waals surface area contributed by atoms with E-state index in [1.807, 2.05) is 35.5 Å². The molecule has 2 amide bonds. The van der Waals surface area contributed by atoms with Crippen LogP contribution in [0.3, 0.4) is 0 Å². The molecular weight excluding hydrogens is 462 g/mol. The summed E-state index contributed by atoms with van der Waals surface area (Å²) in [6.45, 7) is 4.85. The summed E-state index contributed by atoms with van der Waals surface area (Å²) in [5.74, 6) is 4.63. The number of nitrogens with one attached hydrogen (secondary N) is 2. The summed E-state index contributed by atoms with van der Waals surface area (Å²) < 4.78 is 5.84. The molecule has 2 aromatic rings. The van der Waals surface area contributed by atoms with Gasteiger partial charge >= 0.3 is 0 Å². The lowest BCUT2D eigenvalue weighted by Crippen LogP contribution is -2.50. The maximum atomic E-state index is 12.7. The number of carbonyl (C=O) groups excluding carboxylic acids is 2. The summed E-state index contributed by atoms with van der Waals surface area (Å²) in [6.07, 6.45) is 1.67. The molecule has 2 aliphatic heterocycles. The average molecular weight is 492 g/mol. The van der Waals surface area contributed by atoms with E-state index in [1.165, 1.54) is 4.90 Å². The molecule has 0 spiro atoms. The van der Waals surface area contributed by atoms with Gasteiger partial charge in [-0.15, -0.1) is 5.92 Å². The zero-order chi connectivity index (χ0) is 25.7. The monoisotopic (exact) mass is 491 g/mol. The van der Waals surface area contributed by atoms with Crippen LogP contribution < -0.4 is 20.5 Å². The van der Waals surface area contributed by atoms with Crippen molar-refractivity contribution in [3.63, 3.8) is 0 Å². The van der Waals surface area contributed by atoms with E-state index in [0.29, 0.717) is 17.9 Å². The Labute approximate surface area is 209 Å². The molecule has 1 aromatic carbocycles. The Hall–Kier alpha value is -3.91. The first kappa shape index (κ1) is 25.2. The standard InChI is InChI=1S/C26H29N5O5/c1-3-4-13-36-22-14-18(8-9-21(22)31-12-6-11-28-31)17(2)29-25(34)23(32)24(33)26(35)30-15-19-7-5-10-27-20(19)16-30/h5-10,12,14,17,23-24,28,32-33H,11,13,15-16H2,1-2H3,(H,29,34)/t17-,23-,24-/m1/s1. The fraction of sp³-hybridized carbons (Fsp3) is 0.346. The van der Waals surface area contributed by atoms with E-state index in [1.54, 1.807) is 32.2 Å². The zero-order valence-corrected chi connectivity index (χ0v) is 20.1. The van der Waals surface area contributed by atoms with Gasteiger partial charge in [0.05, 0.1) is 24.0 Å². The first-order valence-electron chi connectivity index (χ1n) is 11.6. The lowest BCUT2D eigenvalue weighted by atomic mass is 10.1.